The van der Waals surface area contributed by atoms with Gasteiger partial charge in [0.2, 0.25) is 0 Å². The van der Waals surface area contributed by atoms with Crippen molar-refractivity contribution in [1.29, 1.82) is 0 Å². The second kappa shape index (κ2) is 6.50. The van der Waals surface area contributed by atoms with Crippen LogP contribution in [0.25, 0.3) is 0 Å². The highest BCUT2D eigenvalue weighted by Crippen LogP contribution is 2.14. The molecule has 0 saturated heterocycles. The first-order valence-electron chi connectivity index (χ1n) is 4.91. The number of para-hydroxylation sites is 1. The number of rotatable bonds is 5. The van der Waals surface area contributed by atoms with Gasteiger partial charge in [-0.15, -0.1) is 11.6 Å². The van der Waals surface area contributed by atoms with E-state index in [0.29, 0.717) is 5.88 Å². The van der Waals surface area contributed by atoms with Gasteiger partial charge in [-0.3, -0.25) is 0 Å². The van der Waals surface area contributed by atoms with Crippen LogP contribution in [0.1, 0.15) is 12.5 Å². The molecule has 14 heavy (non-hydrogen) atoms. The van der Waals surface area contributed by atoms with Crippen molar-refractivity contribution in [1.82, 2.24) is 0 Å². The Morgan fingerprint density at radius 1 is 1.29 bits per heavy atom. The van der Waals surface area contributed by atoms with E-state index in [9.17, 15) is 0 Å². The Kier molecular flexibility index (Phi) is 5.16. The molecule has 0 spiro atoms. The lowest BCUT2D eigenvalue weighted by Crippen LogP contribution is -2.01. The van der Waals surface area contributed by atoms with Crippen molar-refractivity contribution in [2.75, 3.05) is 17.7 Å². The quantitative estimate of drug-likeness (QED) is 0.579. The first kappa shape index (κ1) is 11.1. The van der Waals surface area contributed by atoms with E-state index in [4.69, 9.17) is 11.6 Å². The van der Waals surface area contributed by atoms with Crippen molar-refractivity contribution in [3.8, 4) is 0 Å². The molecule has 0 fully saturated rings. The minimum atomic E-state index is 0.580. The molecule has 1 nitrogen and oxygen atoms in total. The van der Waals surface area contributed by atoms with Crippen LogP contribution in [0, 0.1) is 0 Å². The summed E-state index contributed by atoms with van der Waals surface area (Å²) in [5.41, 5.74) is 2.57. The van der Waals surface area contributed by atoms with Crippen molar-refractivity contribution in [3.63, 3.8) is 0 Å². The number of nitrogens with one attached hydrogen (secondary N) is 1. The lowest BCUT2D eigenvalue weighted by Gasteiger charge is -2.08. The molecule has 0 bridgehead atoms. The number of anilines is 1. The summed E-state index contributed by atoms with van der Waals surface area (Å²) in [6.07, 6.45) is 5.05. The Morgan fingerprint density at radius 2 is 2.07 bits per heavy atom. The lowest BCUT2D eigenvalue weighted by molar-refractivity contribution is 1.13. The number of allylic oxidation sites excluding steroid dienone is 1. The molecule has 0 aliphatic carbocycles. The maximum Gasteiger partial charge on any atom is 0.0404 e. The van der Waals surface area contributed by atoms with Crippen LogP contribution in [-0.4, -0.2) is 12.4 Å². The molecule has 2 heteroatoms. The molecule has 0 aliphatic heterocycles. The van der Waals surface area contributed by atoms with Gasteiger partial charge < -0.3 is 5.32 Å². The van der Waals surface area contributed by atoms with Crippen molar-refractivity contribution < 1.29 is 0 Å². The zero-order chi connectivity index (χ0) is 10.2. The molecule has 1 aromatic carbocycles. The Bertz CT molecular complexity index is 294. The van der Waals surface area contributed by atoms with Gasteiger partial charge in [-0.25, -0.2) is 0 Å². The van der Waals surface area contributed by atoms with E-state index in [1.807, 2.05) is 18.2 Å². The summed E-state index contributed by atoms with van der Waals surface area (Å²) < 4.78 is 0. The van der Waals surface area contributed by atoms with Gasteiger partial charge in [0.1, 0.15) is 0 Å². The predicted molar refractivity (Wildman–Crippen MR) is 64.2 cm³/mol. The number of benzene rings is 1. The van der Waals surface area contributed by atoms with Crippen LogP contribution in [0.2, 0.25) is 0 Å². The molecule has 0 atom stereocenters. The Labute approximate surface area is 90.8 Å². The lowest BCUT2D eigenvalue weighted by atomic mass is 10.1. The van der Waals surface area contributed by atoms with Crippen LogP contribution in [0.15, 0.2) is 36.4 Å². The predicted octanol–water partition coefficient (Wildman–Crippen LogP) is 3.46. The van der Waals surface area contributed by atoms with Crippen LogP contribution >= 0.6 is 11.6 Å². The van der Waals surface area contributed by atoms with Crippen molar-refractivity contribution in [3.05, 3.63) is 42.0 Å². The third kappa shape index (κ3) is 3.43. The van der Waals surface area contributed by atoms with Crippen LogP contribution in [-0.2, 0) is 6.42 Å². The van der Waals surface area contributed by atoms with Gasteiger partial charge in [0.05, 0.1) is 0 Å². The van der Waals surface area contributed by atoms with E-state index in [2.05, 4.69) is 30.4 Å². The van der Waals surface area contributed by atoms with Crippen molar-refractivity contribution in [2.24, 2.45) is 0 Å². The van der Waals surface area contributed by atoms with Gasteiger partial charge >= 0.3 is 0 Å². The highest BCUT2D eigenvalue weighted by Gasteiger charge is 1.95. The second-order valence-corrected chi connectivity index (χ2v) is 3.33. The fraction of sp³-hybridized carbons (Fsp3) is 0.333. The Morgan fingerprint density at radius 3 is 2.79 bits per heavy atom. The second-order valence-electron chi connectivity index (χ2n) is 3.02. The summed E-state index contributed by atoms with van der Waals surface area (Å²) in [5.74, 6) is 0.580. The van der Waals surface area contributed by atoms with Gasteiger partial charge in [0, 0.05) is 18.1 Å². The Balaban J connectivity index is 2.53. The van der Waals surface area contributed by atoms with Crippen molar-refractivity contribution in [2.45, 2.75) is 13.3 Å². The van der Waals surface area contributed by atoms with Gasteiger partial charge in [-0.1, -0.05) is 37.3 Å². The summed E-state index contributed by atoms with van der Waals surface area (Å²) in [5, 5.41) is 3.35. The van der Waals surface area contributed by atoms with Crippen LogP contribution in [0.5, 0.6) is 0 Å². The van der Waals surface area contributed by atoms with E-state index in [0.717, 1.165) is 13.0 Å². The normalized spacial score (nSPS) is 10.7. The van der Waals surface area contributed by atoms with Crippen LogP contribution < -0.4 is 5.32 Å². The Hall–Kier alpha value is -0.950. The van der Waals surface area contributed by atoms with Crippen molar-refractivity contribution >= 4 is 17.3 Å². The molecule has 1 rings (SSSR count). The van der Waals surface area contributed by atoms with Crippen LogP contribution in [0.4, 0.5) is 5.69 Å². The number of hydrogen-bond donors (Lipinski definition) is 1. The molecule has 0 heterocycles. The number of halogens is 1. The highest BCUT2D eigenvalue weighted by molar-refractivity contribution is 6.18. The minimum absolute atomic E-state index is 0.580. The summed E-state index contributed by atoms with van der Waals surface area (Å²) in [6, 6.07) is 8.37. The van der Waals surface area contributed by atoms with E-state index in [1.165, 1.54) is 11.3 Å². The molecule has 1 aromatic rings. The zero-order valence-corrected chi connectivity index (χ0v) is 9.22. The highest BCUT2D eigenvalue weighted by atomic mass is 35.5. The molecule has 1 N–H and O–H groups in total. The summed E-state index contributed by atoms with van der Waals surface area (Å²) >= 11 is 5.53. The maximum absolute atomic E-state index is 5.53. The molecule has 0 unspecified atom stereocenters. The topological polar surface area (TPSA) is 12.0 Å². The van der Waals surface area contributed by atoms with E-state index < -0.39 is 0 Å². The molecular weight excluding hydrogens is 194 g/mol. The summed E-state index contributed by atoms with van der Waals surface area (Å²) in [7, 11) is 0. The molecule has 0 amide bonds. The van der Waals surface area contributed by atoms with Gasteiger partial charge in [-0.2, -0.15) is 0 Å². The molecular formula is C12H16ClN. The third-order valence-electron chi connectivity index (χ3n) is 2.06. The van der Waals surface area contributed by atoms with E-state index in [-0.39, 0.29) is 0 Å². The molecule has 0 aliphatic rings. The largest absolute Gasteiger partial charge is 0.381 e. The van der Waals surface area contributed by atoms with Gasteiger partial charge in [0.15, 0.2) is 0 Å². The number of alkyl halides is 1. The van der Waals surface area contributed by atoms with Gasteiger partial charge in [-0.05, 0) is 18.1 Å². The average Bonchev–Trinajstić information content (AvgIpc) is 2.25. The van der Waals surface area contributed by atoms with E-state index >= 15 is 0 Å². The first-order valence-corrected chi connectivity index (χ1v) is 5.44. The van der Waals surface area contributed by atoms with E-state index in [1.54, 1.807) is 0 Å². The monoisotopic (exact) mass is 209 g/mol. The minimum Gasteiger partial charge on any atom is -0.381 e. The SMILES string of the molecule is CCc1ccccc1NC/C=C/CCl. The zero-order valence-electron chi connectivity index (χ0n) is 8.46. The molecule has 76 valence electrons. The smallest absolute Gasteiger partial charge is 0.0404 e. The number of aryl methyl sites for hydroxylation is 1. The standard InChI is InChI=1S/C12H16ClN/c1-2-11-7-3-4-8-12(11)14-10-6-5-9-13/h3-8,14H,2,9-10H2,1H3/b6-5+. The average molecular weight is 210 g/mol. The first-order chi connectivity index (χ1) is 6.88. The van der Waals surface area contributed by atoms with Crippen LogP contribution in [0.3, 0.4) is 0 Å². The fourth-order valence-corrected chi connectivity index (χ4v) is 1.44. The third-order valence-corrected chi connectivity index (χ3v) is 2.24. The van der Waals surface area contributed by atoms with Gasteiger partial charge in [0.25, 0.3) is 0 Å². The molecule has 0 radical (unpaired) electrons. The summed E-state index contributed by atoms with van der Waals surface area (Å²) in [6.45, 7) is 3.00. The molecule has 0 aromatic heterocycles. The number of hydrogen-bond acceptors (Lipinski definition) is 1. The summed E-state index contributed by atoms with van der Waals surface area (Å²) in [4.78, 5) is 0. The maximum atomic E-state index is 5.53. The molecule has 0 saturated carbocycles. The fourth-order valence-electron chi connectivity index (χ4n) is 1.32.